The number of hydrazine groups is 1. The first-order chi connectivity index (χ1) is 14.9. The van der Waals surface area contributed by atoms with E-state index in [9.17, 15) is 19.2 Å². The van der Waals surface area contributed by atoms with E-state index in [2.05, 4.69) is 17.7 Å². The van der Waals surface area contributed by atoms with Crippen LogP contribution < -0.4 is 10.7 Å². The van der Waals surface area contributed by atoms with Crippen molar-refractivity contribution in [3.63, 3.8) is 0 Å². The van der Waals surface area contributed by atoms with Crippen molar-refractivity contribution in [2.75, 3.05) is 6.61 Å². The summed E-state index contributed by atoms with van der Waals surface area (Å²) in [5, 5.41) is 3.47. The molecule has 2 heterocycles. The fourth-order valence-corrected chi connectivity index (χ4v) is 5.77. The van der Waals surface area contributed by atoms with Crippen LogP contribution in [-0.4, -0.2) is 41.0 Å². The summed E-state index contributed by atoms with van der Waals surface area (Å²) < 4.78 is 5.15. The van der Waals surface area contributed by atoms with Crippen LogP contribution in [0.1, 0.15) is 78.4 Å². The lowest BCUT2D eigenvalue weighted by Crippen LogP contribution is -2.52. The molecule has 2 aliphatic carbocycles. The molecule has 4 rings (SSSR count). The summed E-state index contributed by atoms with van der Waals surface area (Å²) in [6, 6.07) is 1.23. The molecule has 0 unspecified atom stereocenters. The Morgan fingerprint density at radius 1 is 1.19 bits per heavy atom. The van der Waals surface area contributed by atoms with E-state index >= 15 is 0 Å². The Morgan fingerprint density at radius 2 is 1.90 bits per heavy atom. The number of carbonyl (C=O) groups excluding carboxylic acids is 4. The molecule has 2 fully saturated rings. The summed E-state index contributed by atoms with van der Waals surface area (Å²) in [6.07, 6.45) is 9.40. The zero-order valence-corrected chi connectivity index (χ0v) is 18.6. The van der Waals surface area contributed by atoms with E-state index in [0.717, 1.165) is 43.5 Å². The van der Waals surface area contributed by atoms with Gasteiger partial charge in [-0.25, -0.2) is 9.59 Å². The van der Waals surface area contributed by atoms with Crippen molar-refractivity contribution in [3.8, 4) is 0 Å². The van der Waals surface area contributed by atoms with Gasteiger partial charge in [0.25, 0.3) is 11.8 Å². The van der Waals surface area contributed by atoms with Gasteiger partial charge in [-0.1, -0.05) is 19.8 Å². The molecule has 31 heavy (non-hydrogen) atoms. The molecular formula is C22H29N3O5S. The smallest absolute Gasteiger partial charge is 0.348 e. The molecule has 0 bridgehead atoms. The van der Waals surface area contributed by atoms with Gasteiger partial charge in [0.15, 0.2) is 6.61 Å². The Bertz CT molecular complexity index is 862. The van der Waals surface area contributed by atoms with Crippen molar-refractivity contribution < 1.29 is 23.9 Å². The number of aryl methyl sites for hydroxylation is 2. The molecule has 4 amide bonds. The molecule has 0 atom stereocenters. The van der Waals surface area contributed by atoms with Crippen molar-refractivity contribution in [2.24, 2.45) is 5.92 Å². The van der Waals surface area contributed by atoms with E-state index in [1.54, 1.807) is 0 Å². The SMILES string of the molecule is CC1CCC2(CC1)NC(=O)N(NC(=O)COC(=O)c1cc3c(s1)CCCCCC3)C2=O. The number of fused-ring (bicyclic) bond motifs is 1. The number of carbonyl (C=O) groups is 4. The van der Waals surface area contributed by atoms with Gasteiger partial charge in [0.05, 0.1) is 0 Å². The monoisotopic (exact) mass is 447 g/mol. The Hall–Kier alpha value is -2.42. The van der Waals surface area contributed by atoms with Crippen molar-refractivity contribution >= 4 is 35.2 Å². The lowest BCUT2D eigenvalue weighted by molar-refractivity contribution is -0.141. The van der Waals surface area contributed by atoms with E-state index in [0.29, 0.717) is 23.6 Å². The third-order valence-corrected chi connectivity index (χ3v) is 7.78. The lowest BCUT2D eigenvalue weighted by Gasteiger charge is -2.33. The van der Waals surface area contributed by atoms with Crippen LogP contribution in [0.15, 0.2) is 6.07 Å². The molecule has 9 heteroatoms. The first kappa shape index (κ1) is 21.8. The van der Waals surface area contributed by atoms with E-state index in [-0.39, 0.29) is 0 Å². The second-order valence-electron chi connectivity index (χ2n) is 8.92. The number of esters is 1. The quantitative estimate of drug-likeness (QED) is 0.545. The molecule has 1 saturated carbocycles. The van der Waals surface area contributed by atoms with Gasteiger partial charge in [0, 0.05) is 4.88 Å². The van der Waals surface area contributed by atoms with Crippen LogP contribution >= 0.6 is 11.3 Å². The van der Waals surface area contributed by atoms with Crippen LogP contribution in [0.2, 0.25) is 0 Å². The summed E-state index contributed by atoms with van der Waals surface area (Å²) in [5.74, 6) is -1.20. The topological polar surface area (TPSA) is 105 Å². The number of hydrogen-bond acceptors (Lipinski definition) is 6. The molecule has 1 aliphatic heterocycles. The molecule has 1 aromatic rings. The Balaban J connectivity index is 1.31. The van der Waals surface area contributed by atoms with Gasteiger partial charge in [-0.2, -0.15) is 5.01 Å². The molecule has 0 radical (unpaired) electrons. The number of rotatable bonds is 4. The van der Waals surface area contributed by atoms with Gasteiger partial charge >= 0.3 is 12.0 Å². The number of imide groups is 1. The van der Waals surface area contributed by atoms with Crippen LogP contribution in [0, 0.1) is 5.92 Å². The average Bonchev–Trinajstić information content (AvgIpc) is 3.22. The fourth-order valence-electron chi connectivity index (χ4n) is 4.62. The van der Waals surface area contributed by atoms with E-state index in [1.165, 1.54) is 34.6 Å². The Morgan fingerprint density at radius 3 is 2.65 bits per heavy atom. The molecule has 1 aromatic heterocycles. The maximum atomic E-state index is 12.8. The second-order valence-corrected chi connectivity index (χ2v) is 10.1. The van der Waals surface area contributed by atoms with Crippen LogP contribution in [-0.2, 0) is 27.2 Å². The number of nitrogens with one attached hydrogen (secondary N) is 2. The van der Waals surface area contributed by atoms with Gasteiger partial charge in [-0.05, 0) is 68.9 Å². The van der Waals surface area contributed by atoms with Crippen molar-refractivity contribution in [3.05, 3.63) is 21.4 Å². The minimum atomic E-state index is -0.930. The van der Waals surface area contributed by atoms with Crippen LogP contribution in [0.5, 0.6) is 0 Å². The second kappa shape index (κ2) is 8.98. The van der Waals surface area contributed by atoms with E-state index in [1.807, 2.05) is 6.07 Å². The third-order valence-electron chi connectivity index (χ3n) is 6.56. The van der Waals surface area contributed by atoms with Gasteiger partial charge in [-0.3, -0.25) is 15.0 Å². The summed E-state index contributed by atoms with van der Waals surface area (Å²) in [6.45, 7) is 1.57. The molecule has 8 nitrogen and oxygen atoms in total. The first-order valence-electron chi connectivity index (χ1n) is 11.1. The van der Waals surface area contributed by atoms with Gasteiger partial charge in [0.1, 0.15) is 10.4 Å². The molecule has 168 valence electrons. The van der Waals surface area contributed by atoms with Gasteiger partial charge in [0.2, 0.25) is 0 Å². The maximum Gasteiger partial charge on any atom is 0.348 e. The number of ether oxygens (including phenoxy) is 1. The van der Waals surface area contributed by atoms with Crippen LogP contribution in [0.4, 0.5) is 4.79 Å². The molecule has 0 aromatic carbocycles. The highest BCUT2D eigenvalue weighted by atomic mass is 32.1. The summed E-state index contributed by atoms with van der Waals surface area (Å²) in [7, 11) is 0. The Kier molecular flexibility index (Phi) is 6.31. The van der Waals surface area contributed by atoms with Crippen LogP contribution in [0.3, 0.4) is 0 Å². The van der Waals surface area contributed by atoms with Crippen molar-refractivity contribution in [1.29, 1.82) is 0 Å². The van der Waals surface area contributed by atoms with Crippen molar-refractivity contribution in [1.82, 2.24) is 15.8 Å². The Labute approximate surface area is 185 Å². The number of thiophene rings is 1. The number of nitrogens with zero attached hydrogens (tertiary/aromatic N) is 1. The largest absolute Gasteiger partial charge is 0.451 e. The summed E-state index contributed by atoms with van der Waals surface area (Å²) in [4.78, 5) is 51.5. The van der Waals surface area contributed by atoms with Gasteiger partial charge in [-0.15, -0.1) is 11.3 Å². The van der Waals surface area contributed by atoms with Gasteiger partial charge < -0.3 is 10.1 Å². The standard InChI is InChI=1S/C22H29N3O5S/c1-14-8-10-22(11-9-14)20(28)25(21(29)23-22)24-18(26)13-30-19(27)17-12-15-6-4-2-3-5-7-16(15)31-17/h12,14H,2-11,13H2,1H3,(H,23,29)(H,24,26). The minimum absolute atomic E-state index is 0.442. The third kappa shape index (κ3) is 4.61. The zero-order valence-electron chi connectivity index (χ0n) is 17.8. The number of amides is 4. The summed E-state index contributed by atoms with van der Waals surface area (Å²) in [5.41, 5.74) is 2.56. The van der Waals surface area contributed by atoms with Crippen molar-refractivity contribution in [2.45, 2.75) is 76.7 Å². The molecule has 3 aliphatic rings. The zero-order chi connectivity index (χ0) is 22.0. The molecule has 1 spiro atoms. The number of hydrogen-bond donors (Lipinski definition) is 2. The molecule has 1 saturated heterocycles. The lowest BCUT2D eigenvalue weighted by atomic mass is 9.77. The number of urea groups is 1. The maximum absolute atomic E-state index is 12.8. The van der Waals surface area contributed by atoms with Crippen LogP contribution in [0.25, 0.3) is 0 Å². The molecular weight excluding hydrogens is 418 g/mol. The van der Waals surface area contributed by atoms with E-state index in [4.69, 9.17) is 4.74 Å². The highest BCUT2D eigenvalue weighted by Crippen LogP contribution is 2.35. The average molecular weight is 448 g/mol. The normalized spacial score (nSPS) is 26.1. The predicted molar refractivity (Wildman–Crippen MR) is 114 cm³/mol. The van der Waals surface area contributed by atoms with E-state index < -0.39 is 36.0 Å². The molecule has 2 N–H and O–H groups in total. The minimum Gasteiger partial charge on any atom is -0.451 e. The highest BCUT2D eigenvalue weighted by Gasteiger charge is 2.52. The highest BCUT2D eigenvalue weighted by molar-refractivity contribution is 7.14. The predicted octanol–water partition coefficient (Wildman–Crippen LogP) is 3.10. The first-order valence-corrected chi connectivity index (χ1v) is 11.9. The fraction of sp³-hybridized carbons (Fsp3) is 0.636. The summed E-state index contributed by atoms with van der Waals surface area (Å²) >= 11 is 1.43.